The van der Waals surface area contributed by atoms with Crippen LogP contribution in [0.5, 0.6) is 5.75 Å². The van der Waals surface area contributed by atoms with Gasteiger partial charge in [-0.25, -0.2) is 4.79 Å². The minimum atomic E-state index is -0.594. The number of oxime groups is 1. The van der Waals surface area contributed by atoms with Crippen LogP contribution >= 0.6 is 11.3 Å². The number of methoxy groups -OCH3 is 1. The van der Waals surface area contributed by atoms with E-state index >= 15 is 0 Å². The van der Waals surface area contributed by atoms with E-state index < -0.39 is 12.0 Å². The third-order valence-electron chi connectivity index (χ3n) is 6.81. The van der Waals surface area contributed by atoms with Crippen molar-refractivity contribution in [3.63, 3.8) is 0 Å². The lowest BCUT2D eigenvalue weighted by Crippen LogP contribution is -2.45. The van der Waals surface area contributed by atoms with Crippen LogP contribution in [0.4, 0.5) is 0 Å². The Balaban J connectivity index is 0.000000996. The van der Waals surface area contributed by atoms with Crippen LogP contribution in [0.15, 0.2) is 65.1 Å². The van der Waals surface area contributed by atoms with Gasteiger partial charge < -0.3 is 24.9 Å². The van der Waals surface area contributed by atoms with Gasteiger partial charge in [-0.2, -0.15) is 0 Å². The quantitative estimate of drug-likeness (QED) is 0.154. The van der Waals surface area contributed by atoms with Crippen molar-refractivity contribution < 1.29 is 29.1 Å². The molecule has 2 N–H and O–H groups in total. The van der Waals surface area contributed by atoms with Gasteiger partial charge in [0, 0.05) is 17.7 Å². The molecule has 1 aromatic heterocycles. The number of hydrogen-bond donors (Lipinski definition) is 2. The summed E-state index contributed by atoms with van der Waals surface area (Å²) in [5, 5.41) is 17.5. The third-order valence-corrected chi connectivity index (χ3v) is 7.74. The second kappa shape index (κ2) is 14.6. The van der Waals surface area contributed by atoms with Gasteiger partial charge in [-0.05, 0) is 71.2 Å². The minimum Gasteiger partial charge on any atom is -0.490 e. The van der Waals surface area contributed by atoms with Crippen molar-refractivity contribution in [2.24, 2.45) is 11.1 Å². The minimum absolute atomic E-state index is 0.197. The van der Waals surface area contributed by atoms with Gasteiger partial charge in [0.1, 0.15) is 24.1 Å². The molecule has 1 atom stereocenters. The highest BCUT2D eigenvalue weighted by atomic mass is 32.1. The van der Waals surface area contributed by atoms with Crippen molar-refractivity contribution in [1.82, 2.24) is 10.2 Å². The molecule has 1 saturated heterocycles. The predicted molar refractivity (Wildman–Crippen MR) is 168 cm³/mol. The Labute approximate surface area is 255 Å². The topological polar surface area (TPSA) is 118 Å². The summed E-state index contributed by atoms with van der Waals surface area (Å²) in [6.45, 7) is 7.03. The zero-order chi connectivity index (χ0) is 30.9. The summed E-state index contributed by atoms with van der Waals surface area (Å²) in [5.74, 6) is 0.347. The Hall–Kier alpha value is -4.44. The fourth-order valence-electron chi connectivity index (χ4n) is 4.96. The average Bonchev–Trinajstić information content (AvgIpc) is 3.74. The lowest BCUT2D eigenvalue weighted by Gasteiger charge is -2.22. The molecule has 226 valence electrons. The zero-order valence-electron chi connectivity index (χ0n) is 24.8. The Morgan fingerprint density at radius 2 is 1.81 bits per heavy atom. The molecule has 1 unspecified atom stereocenters. The molecule has 2 aliphatic rings. The van der Waals surface area contributed by atoms with Gasteiger partial charge in [0.05, 0.1) is 18.5 Å². The van der Waals surface area contributed by atoms with Crippen LogP contribution in [0.2, 0.25) is 0 Å². The van der Waals surface area contributed by atoms with E-state index in [9.17, 15) is 19.6 Å². The number of likely N-dealkylation sites (tertiary alicyclic amines) is 1. The van der Waals surface area contributed by atoms with Gasteiger partial charge in [-0.1, -0.05) is 56.3 Å². The first kappa shape index (κ1) is 31.5. The van der Waals surface area contributed by atoms with E-state index in [1.807, 2.05) is 48.5 Å². The number of amides is 2. The Bertz CT molecular complexity index is 1520. The van der Waals surface area contributed by atoms with Crippen molar-refractivity contribution in [3.05, 3.63) is 81.6 Å². The Morgan fingerprint density at radius 1 is 1.09 bits per heavy atom. The van der Waals surface area contributed by atoms with Crippen molar-refractivity contribution in [3.8, 4) is 16.9 Å². The summed E-state index contributed by atoms with van der Waals surface area (Å²) >= 11 is 1.28. The number of hydrogen-bond acceptors (Lipinski definition) is 8. The summed E-state index contributed by atoms with van der Waals surface area (Å²) < 4.78 is 10.7. The van der Waals surface area contributed by atoms with E-state index in [1.165, 1.54) is 23.3 Å². The first-order valence-corrected chi connectivity index (χ1v) is 15.1. The van der Waals surface area contributed by atoms with Gasteiger partial charge >= 0.3 is 5.97 Å². The zero-order valence-corrected chi connectivity index (χ0v) is 25.6. The van der Waals surface area contributed by atoms with Gasteiger partial charge in [0.15, 0.2) is 0 Å². The second-order valence-electron chi connectivity index (χ2n) is 10.8. The van der Waals surface area contributed by atoms with Crippen LogP contribution in [0, 0.1) is 5.92 Å². The third kappa shape index (κ3) is 7.50. The number of benzene rings is 2. The van der Waals surface area contributed by atoms with Crippen LogP contribution in [-0.4, -0.2) is 66.5 Å². The molecule has 43 heavy (non-hydrogen) atoms. The van der Waals surface area contributed by atoms with Crippen LogP contribution in [-0.2, 0) is 14.3 Å². The highest BCUT2D eigenvalue weighted by Crippen LogP contribution is 2.38. The standard InChI is InChI=1S/C29H27N3O6S.C4H10/c1-37-29(35)24-9-4-13-32(24)25(33)17-30-28(34)27-18(12-15-39-27)6-5-14-38-19-10-11-21-20-7-2-3-8-22(20)26(31-36)23(21)16-19;1-4(2)3/h2-3,5-8,10-12,15-16,24,36H,4,9,13-14,17H2,1H3,(H,30,34);4H,1-3H3/b6-5+,31-26-;. The van der Waals surface area contributed by atoms with Crippen molar-refractivity contribution in [2.75, 3.05) is 26.8 Å². The largest absolute Gasteiger partial charge is 0.490 e. The maximum Gasteiger partial charge on any atom is 0.328 e. The Kier molecular flexibility index (Phi) is 10.7. The normalized spacial score (nSPS) is 16.1. The number of carbonyl (C=O) groups is 3. The van der Waals surface area contributed by atoms with E-state index in [4.69, 9.17) is 9.47 Å². The maximum atomic E-state index is 12.8. The lowest BCUT2D eigenvalue weighted by atomic mass is 10.1. The first-order valence-electron chi connectivity index (χ1n) is 14.2. The summed E-state index contributed by atoms with van der Waals surface area (Å²) in [7, 11) is 1.30. The molecule has 10 heteroatoms. The van der Waals surface area contributed by atoms with Gasteiger partial charge in [-0.3, -0.25) is 9.59 Å². The molecule has 0 bridgehead atoms. The molecule has 2 amide bonds. The smallest absolute Gasteiger partial charge is 0.328 e. The molecular formula is C33H37N3O6S. The van der Waals surface area contributed by atoms with Crippen LogP contribution in [0.1, 0.15) is 60.0 Å². The highest BCUT2D eigenvalue weighted by molar-refractivity contribution is 7.12. The highest BCUT2D eigenvalue weighted by Gasteiger charge is 2.34. The number of fused-ring (bicyclic) bond motifs is 3. The van der Waals surface area contributed by atoms with Crippen molar-refractivity contribution >= 4 is 40.9 Å². The number of nitrogens with one attached hydrogen (secondary N) is 1. The van der Waals surface area contributed by atoms with E-state index in [-0.39, 0.29) is 25.0 Å². The predicted octanol–water partition coefficient (Wildman–Crippen LogP) is 5.60. The summed E-state index contributed by atoms with van der Waals surface area (Å²) in [6, 6.07) is 14.7. The molecule has 0 radical (unpaired) electrons. The Morgan fingerprint density at radius 3 is 2.53 bits per heavy atom. The van der Waals surface area contributed by atoms with Crippen molar-refractivity contribution in [1.29, 1.82) is 0 Å². The number of rotatable bonds is 8. The number of nitrogens with zero attached hydrogens (tertiary/aromatic N) is 2. The molecule has 5 rings (SSSR count). The fraction of sp³-hybridized carbons (Fsp3) is 0.333. The summed E-state index contributed by atoms with van der Waals surface area (Å²) in [6.07, 6.45) is 4.88. The lowest BCUT2D eigenvalue weighted by molar-refractivity contribution is -0.150. The number of thiophene rings is 1. The van der Waals surface area contributed by atoms with Crippen molar-refractivity contribution in [2.45, 2.75) is 39.7 Å². The average molecular weight is 604 g/mol. The molecule has 0 spiro atoms. The van der Waals surface area contributed by atoms with E-state index in [0.29, 0.717) is 34.9 Å². The summed E-state index contributed by atoms with van der Waals surface area (Å²) in [4.78, 5) is 39.2. The van der Waals surface area contributed by atoms with E-state index in [0.717, 1.165) is 34.6 Å². The van der Waals surface area contributed by atoms with Gasteiger partial charge in [0.2, 0.25) is 5.91 Å². The second-order valence-corrected chi connectivity index (χ2v) is 11.7. The molecule has 2 heterocycles. The molecule has 3 aromatic rings. The molecule has 1 aliphatic carbocycles. The first-order chi connectivity index (χ1) is 20.7. The number of ether oxygens (including phenoxy) is 2. The molecule has 1 aliphatic heterocycles. The van der Waals surface area contributed by atoms with Crippen LogP contribution < -0.4 is 10.1 Å². The number of esters is 1. The monoisotopic (exact) mass is 603 g/mol. The van der Waals surface area contributed by atoms with E-state index in [2.05, 4.69) is 31.2 Å². The van der Waals surface area contributed by atoms with E-state index in [1.54, 1.807) is 17.5 Å². The maximum absolute atomic E-state index is 12.8. The van der Waals surface area contributed by atoms with Gasteiger partial charge in [0.25, 0.3) is 5.91 Å². The van der Waals surface area contributed by atoms with Crippen LogP contribution in [0.25, 0.3) is 17.2 Å². The molecular weight excluding hydrogens is 566 g/mol. The summed E-state index contributed by atoms with van der Waals surface area (Å²) in [5.41, 5.74) is 4.90. The molecule has 9 nitrogen and oxygen atoms in total. The number of carbonyl (C=O) groups excluding carboxylic acids is 3. The molecule has 2 aromatic carbocycles. The fourth-order valence-corrected chi connectivity index (χ4v) is 5.76. The molecule has 0 saturated carbocycles. The van der Waals surface area contributed by atoms with Crippen LogP contribution in [0.3, 0.4) is 0 Å². The molecule has 1 fully saturated rings. The SMILES string of the molecule is CC(C)C.COC(=O)C1CCCN1C(=O)CNC(=O)c1sccc1/C=C/COc1ccc2c(c1)/C(=N\O)c1ccccc1-2. The van der Waals surface area contributed by atoms with Gasteiger partial charge in [-0.15, -0.1) is 11.3 Å².